The molecule has 0 aliphatic carbocycles. The number of hydrogen-bond acceptors (Lipinski definition) is 5. The standard InChI is InChI=1S/C23H27N3O5S/c1-15(2)31-18-4-6-19(7-5-18)32(29,30)26-10-9-16(12-26)21-13-25(14-23(27)28)22-11-17(24)3-8-20(21)22/h3-8,11,13,15-16H,9-10,12,14,24H2,1-2H3,(H,27,28). The molecular weight excluding hydrogens is 430 g/mol. The zero-order valence-corrected chi connectivity index (χ0v) is 18.9. The Balaban J connectivity index is 1.59. The fraction of sp³-hybridized carbons (Fsp3) is 0.348. The van der Waals surface area contributed by atoms with E-state index < -0.39 is 16.0 Å². The number of aromatic nitrogens is 1. The van der Waals surface area contributed by atoms with Crippen LogP contribution in [0.25, 0.3) is 10.9 Å². The zero-order chi connectivity index (χ0) is 23.0. The van der Waals surface area contributed by atoms with Gasteiger partial charge in [-0.25, -0.2) is 8.42 Å². The van der Waals surface area contributed by atoms with Crippen LogP contribution in [-0.2, 0) is 21.4 Å². The van der Waals surface area contributed by atoms with Gasteiger partial charge < -0.3 is 20.1 Å². The number of fused-ring (bicyclic) bond motifs is 1. The molecule has 0 amide bonds. The molecule has 1 aliphatic rings. The third-order valence-electron chi connectivity index (χ3n) is 5.67. The summed E-state index contributed by atoms with van der Waals surface area (Å²) >= 11 is 0. The normalized spacial score (nSPS) is 17.3. The SMILES string of the molecule is CC(C)Oc1ccc(S(=O)(=O)N2CCC(c3cn(CC(=O)O)c4cc(N)ccc34)C2)cc1. The number of ether oxygens (including phenoxy) is 1. The highest BCUT2D eigenvalue weighted by molar-refractivity contribution is 7.89. The van der Waals surface area contributed by atoms with Gasteiger partial charge >= 0.3 is 5.97 Å². The van der Waals surface area contributed by atoms with Crippen LogP contribution in [0.4, 0.5) is 5.69 Å². The highest BCUT2D eigenvalue weighted by atomic mass is 32.2. The van der Waals surface area contributed by atoms with Gasteiger partial charge in [0.25, 0.3) is 0 Å². The molecule has 0 spiro atoms. The number of nitrogens with zero attached hydrogens (tertiary/aromatic N) is 2. The first-order chi connectivity index (χ1) is 15.1. The molecule has 0 bridgehead atoms. The molecule has 1 unspecified atom stereocenters. The van der Waals surface area contributed by atoms with Crippen LogP contribution in [0.1, 0.15) is 31.7 Å². The first-order valence-corrected chi connectivity index (χ1v) is 12.0. The fourth-order valence-corrected chi connectivity index (χ4v) is 5.75. The lowest BCUT2D eigenvalue weighted by atomic mass is 9.98. The molecular formula is C23H27N3O5S. The van der Waals surface area contributed by atoms with Crippen LogP contribution in [0.5, 0.6) is 5.75 Å². The first-order valence-electron chi connectivity index (χ1n) is 10.5. The van der Waals surface area contributed by atoms with E-state index in [1.54, 1.807) is 41.0 Å². The van der Waals surface area contributed by atoms with E-state index in [1.807, 2.05) is 26.1 Å². The lowest BCUT2D eigenvalue weighted by Crippen LogP contribution is -2.28. The molecule has 2 aromatic carbocycles. The maximum absolute atomic E-state index is 13.2. The second-order valence-electron chi connectivity index (χ2n) is 8.37. The van der Waals surface area contributed by atoms with E-state index >= 15 is 0 Å². The summed E-state index contributed by atoms with van der Waals surface area (Å²) < 4.78 is 35.1. The Morgan fingerprint density at radius 3 is 2.59 bits per heavy atom. The van der Waals surface area contributed by atoms with E-state index in [1.165, 1.54) is 4.31 Å². The van der Waals surface area contributed by atoms with Gasteiger partial charge in [-0.05, 0) is 62.2 Å². The molecule has 3 N–H and O–H groups in total. The van der Waals surface area contributed by atoms with E-state index in [4.69, 9.17) is 10.5 Å². The molecule has 170 valence electrons. The highest BCUT2D eigenvalue weighted by Gasteiger charge is 2.34. The number of sulfonamides is 1. The quantitative estimate of drug-likeness (QED) is 0.526. The lowest BCUT2D eigenvalue weighted by Gasteiger charge is -2.17. The van der Waals surface area contributed by atoms with E-state index in [0.29, 0.717) is 30.9 Å². The Morgan fingerprint density at radius 1 is 1.22 bits per heavy atom. The average Bonchev–Trinajstić information content (AvgIpc) is 3.33. The number of nitrogen functional groups attached to an aromatic ring is 1. The van der Waals surface area contributed by atoms with Crippen molar-refractivity contribution in [3.63, 3.8) is 0 Å². The third-order valence-corrected chi connectivity index (χ3v) is 7.55. The maximum Gasteiger partial charge on any atom is 0.323 e. The summed E-state index contributed by atoms with van der Waals surface area (Å²) in [5.74, 6) is -0.352. The molecule has 1 atom stereocenters. The largest absolute Gasteiger partial charge is 0.491 e. The second kappa shape index (κ2) is 8.48. The van der Waals surface area contributed by atoms with Gasteiger partial charge in [0.15, 0.2) is 0 Å². The smallest absolute Gasteiger partial charge is 0.323 e. The van der Waals surface area contributed by atoms with Gasteiger partial charge in [0, 0.05) is 36.3 Å². The fourth-order valence-electron chi connectivity index (χ4n) is 4.25. The van der Waals surface area contributed by atoms with Crippen LogP contribution in [0, 0.1) is 0 Å². The number of rotatable bonds is 7. The number of carbonyl (C=O) groups is 1. The van der Waals surface area contributed by atoms with Gasteiger partial charge in [0.05, 0.1) is 16.5 Å². The summed E-state index contributed by atoms with van der Waals surface area (Å²) in [5, 5.41) is 10.2. The number of anilines is 1. The van der Waals surface area contributed by atoms with Gasteiger partial charge in [0.2, 0.25) is 10.0 Å². The van der Waals surface area contributed by atoms with Crippen molar-refractivity contribution in [3.8, 4) is 5.75 Å². The molecule has 9 heteroatoms. The second-order valence-corrected chi connectivity index (χ2v) is 10.3. The highest BCUT2D eigenvalue weighted by Crippen LogP contribution is 2.36. The van der Waals surface area contributed by atoms with Crippen molar-refractivity contribution in [1.29, 1.82) is 0 Å². The molecule has 2 heterocycles. The van der Waals surface area contributed by atoms with Crippen LogP contribution in [-0.4, -0.2) is 47.6 Å². The molecule has 1 fully saturated rings. The Bertz CT molecular complexity index is 1250. The lowest BCUT2D eigenvalue weighted by molar-refractivity contribution is -0.137. The molecule has 32 heavy (non-hydrogen) atoms. The number of benzene rings is 2. The van der Waals surface area contributed by atoms with Crippen molar-refractivity contribution in [1.82, 2.24) is 8.87 Å². The van der Waals surface area contributed by atoms with Crippen LogP contribution in [0.15, 0.2) is 53.6 Å². The third kappa shape index (κ3) is 4.31. The van der Waals surface area contributed by atoms with Crippen molar-refractivity contribution in [2.45, 2.75) is 43.7 Å². The predicted molar refractivity (Wildman–Crippen MR) is 122 cm³/mol. The van der Waals surface area contributed by atoms with Crippen molar-refractivity contribution in [2.24, 2.45) is 0 Å². The monoisotopic (exact) mass is 457 g/mol. The van der Waals surface area contributed by atoms with Crippen LogP contribution < -0.4 is 10.5 Å². The minimum Gasteiger partial charge on any atom is -0.491 e. The van der Waals surface area contributed by atoms with Gasteiger partial charge in [-0.1, -0.05) is 6.07 Å². The van der Waals surface area contributed by atoms with Crippen molar-refractivity contribution in [2.75, 3.05) is 18.8 Å². The van der Waals surface area contributed by atoms with Gasteiger partial charge in [-0.15, -0.1) is 0 Å². The molecule has 4 rings (SSSR count). The van der Waals surface area contributed by atoms with Gasteiger partial charge in [0.1, 0.15) is 12.3 Å². The number of carboxylic acids is 1. The maximum atomic E-state index is 13.2. The van der Waals surface area contributed by atoms with Crippen LogP contribution in [0.2, 0.25) is 0 Å². The van der Waals surface area contributed by atoms with E-state index in [2.05, 4.69) is 0 Å². The Labute approximate surface area is 187 Å². The molecule has 0 radical (unpaired) electrons. The predicted octanol–water partition coefficient (Wildman–Crippen LogP) is 3.27. The van der Waals surface area contributed by atoms with Gasteiger partial charge in [-0.2, -0.15) is 4.31 Å². The summed E-state index contributed by atoms with van der Waals surface area (Å²) in [6.07, 6.45) is 2.48. The summed E-state index contributed by atoms with van der Waals surface area (Å²) in [6, 6.07) is 11.9. The van der Waals surface area contributed by atoms with Crippen molar-refractivity contribution in [3.05, 3.63) is 54.2 Å². The summed E-state index contributed by atoms with van der Waals surface area (Å²) in [4.78, 5) is 11.5. The van der Waals surface area contributed by atoms with Crippen molar-refractivity contribution >= 4 is 32.6 Å². The zero-order valence-electron chi connectivity index (χ0n) is 18.1. The first kappa shape index (κ1) is 22.2. The van der Waals surface area contributed by atoms with Gasteiger partial charge in [-0.3, -0.25) is 4.79 Å². The summed E-state index contributed by atoms with van der Waals surface area (Å²) in [7, 11) is -3.64. The van der Waals surface area contributed by atoms with Crippen LogP contribution in [0.3, 0.4) is 0 Å². The molecule has 1 aromatic heterocycles. The number of carboxylic acid groups (broad SMARTS) is 1. The van der Waals surface area contributed by atoms with Crippen LogP contribution >= 0.6 is 0 Å². The van der Waals surface area contributed by atoms with E-state index in [0.717, 1.165) is 16.5 Å². The Morgan fingerprint density at radius 2 is 1.94 bits per heavy atom. The van der Waals surface area contributed by atoms with Crippen molar-refractivity contribution < 1.29 is 23.1 Å². The van der Waals surface area contributed by atoms with E-state index in [9.17, 15) is 18.3 Å². The minimum absolute atomic E-state index is 0.00963. The average molecular weight is 458 g/mol. The minimum atomic E-state index is -3.64. The molecule has 0 saturated carbocycles. The summed E-state index contributed by atoms with van der Waals surface area (Å²) in [5.41, 5.74) is 8.14. The molecule has 1 aliphatic heterocycles. The Hall–Kier alpha value is -3.04. The number of nitrogens with two attached hydrogens (primary N) is 1. The molecule has 3 aromatic rings. The summed E-state index contributed by atoms with van der Waals surface area (Å²) in [6.45, 7) is 4.38. The molecule has 1 saturated heterocycles. The molecule has 8 nitrogen and oxygen atoms in total. The topological polar surface area (TPSA) is 115 Å². The Kier molecular flexibility index (Phi) is 5.87. The number of aliphatic carboxylic acids is 1. The van der Waals surface area contributed by atoms with E-state index in [-0.39, 0.29) is 23.5 Å². The number of hydrogen-bond donors (Lipinski definition) is 2.